The molecule has 0 bridgehead atoms. The van der Waals surface area contributed by atoms with Crippen LogP contribution in [0.25, 0.3) is 0 Å². The summed E-state index contributed by atoms with van der Waals surface area (Å²) >= 11 is 1.61. The van der Waals surface area contributed by atoms with Crippen LogP contribution in [0.2, 0.25) is 0 Å². The Labute approximate surface area is 182 Å². The highest BCUT2D eigenvalue weighted by Gasteiger charge is 2.35. The number of benzene rings is 1. The summed E-state index contributed by atoms with van der Waals surface area (Å²) in [6, 6.07) is 7.43. The van der Waals surface area contributed by atoms with Gasteiger partial charge in [-0.2, -0.15) is 4.98 Å². The lowest BCUT2D eigenvalue weighted by Crippen LogP contribution is -2.29. The minimum atomic E-state index is -0.409. The minimum Gasteiger partial charge on any atom is -0.494 e. The number of nitrogens with zero attached hydrogens (tertiary/aromatic N) is 3. The molecule has 0 saturated carbocycles. The Hall–Kier alpha value is -2.48. The Morgan fingerprint density at radius 1 is 1.20 bits per heavy atom. The first kappa shape index (κ1) is 22.2. The van der Waals surface area contributed by atoms with Gasteiger partial charge < -0.3 is 14.8 Å². The predicted molar refractivity (Wildman–Crippen MR) is 119 cm³/mol. The molecule has 0 spiro atoms. The van der Waals surface area contributed by atoms with E-state index in [-0.39, 0.29) is 5.97 Å². The summed E-state index contributed by atoms with van der Waals surface area (Å²) < 4.78 is 12.9. The van der Waals surface area contributed by atoms with Gasteiger partial charge in [-0.05, 0) is 44.4 Å². The number of ether oxygens (including phenoxy) is 2. The molecule has 1 aromatic heterocycles. The summed E-state index contributed by atoms with van der Waals surface area (Å²) in [6.45, 7) is 8.95. The highest BCUT2D eigenvalue weighted by molar-refractivity contribution is 7.99. The summed E-state index contributed by atoms with van der Waals surface area (Å²) in [4.78, 5) is 17.4. The van der Waals surface area contributed by atoms with Crippen molar-refractivity contribution < 1.29 is 14.3 Å². The molecule has 1 aliphatic rings. The second kappa shape index (κ2) is 10.5. The lowest BCUT2D eigenvalue weighted by molar-refractivity contribution is -0.139. The molecule has 0 fully saturated rings. The normalized spacial score (nSPS) is 15.5. The Bertz CT molecular complexity index is 892. The molecule has 1 atom stereocenters. The molecule has 162 valence electrons. The molecule has 1 aliphatic heterocycles. The number of carbonyl (C=O) groups is 1. The fraction of sp³-hybridized carbons (Fsp3) is 0.500. The molecule has 3 rings (SSSR count). The van der Waals surface area contributed by atoms with Gasteiger partial charge in [-0.3, -0.25) is 0 Å². The summed E-state index contributed by atoms with van der Waals surface area (Å²) in [5.74, 6) is 2.04. The molecule has 0 amide bonds. The topological polar surface area (TPSA) is 78.3 Å². The average Bonchev–Trinajstić information content (AvgIpc) is 3.14. The monoisotopic (exact) mass is 430 g/mol. The van der Waals surface area contributed by atoms with Gasteiger partial charge in [-0.15, -0.1) is 5.10 Å². The summed E-state index contributed by atoms with van der Waals surface area (Å²) in [5.41, 5.74) is 2.20. The van der Waals surface area contributed by atoms with Crippen molar-refractivity contribution in [3.05, 3.63) is 41.1 Å². The molecule has 2 heterocycles. The van der Waals surface area contributed by atoms with Crippen LogP contribution in [0.4, 0.5) is 5.95 Å². The van der Waals surface area contributed by atoms with Gasteiger partial charge in [0, 0.05) is 11.4 Å². The van der Waals surface area contributed by atoms with Crippen molar-refractivity contribution in [1.29, 1.82) is 0 Å². The van der Waals surface area contributed by atoms with Crippen LogP contribution >= 0.6 is 11.8 Å². The van der Waals surface area contributed by atoms with E-state index < -0.39 is 6.04 Å². The van der Waals surface area contributed by atoms with Gasteiger partial charge in [-0.1, -0.05) is 44.2 Å². The number of hydrogen-bond donors (Lipinski definition) is 1. The van der Waals surface area contributed by atoms with Crippen LogP contribution in [0.1, 0.15) is 58.6 Å². The third kappa shape index (κ3) is 4.98. The first-order valence-electron chi connectivity index (χ1n) is 10.6. The molecule has 1 aromatic carbocycles. The van der Waals surface area contributed by atoms with Gasteiger partial charge in [0.1, 0.15) is 11.8 Å². The molecule has 2 aromatic rings. The van der Waals surface area contributed by atoms with Crippen molar-refractivity contribution in [1.82, 2.24) is 14.8 Å². The summed E-state index contributed by atoms with van der Waals surface area (Å²) in [6.07, 6.45) is 3.15. The van der Waals surface area contributed by atoms with Crippen molar-refractivity contribution in [2.45, 2.75) is 58.2 Å². The van der Waals surface area contributed by atoms with Gasteiger partial charge in [0.25, 0.3) is 0 Å². The van der Waals surface area contributed by atoms with E-state index in [1.807, 2.05) is 38.1 Å². The maximum absolute atomic E-state index is 12.8. The van der Waals surface area contributed by atoms with Crippen LogP contribution in [0.3, 0.4) is 0 Å². The first-order valence-corrected chi connectivity index (χ1v) is 11.5. The van der Waals surface area contributed by atoms with Crippen LogP contribution in [-0.2, 0) is 9.53 Å². The number of nitrogens with one attached hydrogen (secondary N) is 1. The molecular formula is C22H30N4O3S. The lowest BCUT2D eigenvalue weighted by Gasteiger charge is -2.28. The van der Waals surface area contributed by atoms with Gasteiger partial charge in [0.2, 0.25) is 11.1 Å². The number of aromatic nitrogens is 3. The molecule has 0 saturated heterocycles. The highest BCUT2D eigenvalue weighted by Crippen LogP contribution is 2.37. The molecule has 0 aliphatic carbocycles. The van der Waals surface area contributed by atoms with E-state index in [0.717, 1.165) is 42.0 Å². The zero-order valence-corrected chi connectivity index (χ0v) is 18.9. The molecule has 1 unspecified atom stereocenters. The van der Waals surface area contributed by atoms with E-state index in [1.54, 1.807) is 16.4 Å². The summed E-state index contributed by atoms with van der Waals surface area (Å²) in [7, 11) is 0. The molecular weight excluding hydrogens is 400 g/mol. The highest BCUT2D eigenvalue weighted by atomic mass is 32.2. The maximum Gasteiger partial charge on any atom is 0.338 e. The SMILES string of the molecule is CCCCOc1ccc(C2C(C(=O)OCC)=C(C)Nc3nc(SCCC)nn32)cc1. The van der Waals surface area contributed by atoms with Crippen molar-refractivity contribution >= 4 is 23.7 Å². The van der Waals surface area contributed by atoms with Crippen molar-refractivity contribution in [3.63, 3.8) is 0 Å². The molecule has 30 heavy (non-hydrogen) atoms. The van der Waals surface area contributed by atoms with Crippen LogP contribution in [-0.4, -0.2) is 39.7 Å². The van der Waals surface area contributed by atoms with Crippen molar-refractivity contribution in [3.8, 4) is 5.75 Å². The largest absolute Gasteiger partial charge is 0.494 e. The fourth-order valence-corrected chi connectivity index (χ4v) is 3.93. The minimum absolute atomic E-state index is 0.314. The van der Waals surface area contributed by atoms with Gasteiger partial charge >= 0.3 is 5.97 Å². The third-order valence-electron chi connectivity index (χ3n) is 4.73. The van der Waals surface area contributed by atoms with E-state index in [2.05, 4.69) is 29.2 Å². The molecule has 1 N–H and O–H groups in total. The van der Waals surface area contributed by atoms with Gasteiger partial charge in [0.05, 0.1) is 18.8 Å². The van der Waals surface area contributed by atoms with Gasteiger partial charge in [-0.25, -0.2) is 9.48 Å². The van der Waals surface area contributed by atoms with Gasteiger partial charge in [0.15, 0.2) is 0 Å². The number of carbonyl (C=O) groups excluding carboxylic acids is 1. The standard InChI is InChI=1S/C22H30N4O3S/c1-5-8-13-29-17-11-9-16(10-12-17)19-18(20(27)28-7-3)15(4)23-21-24-22(25-26(19)21)30-14-6-2/h9-12,19H,5-8,13-14H2,1-4H3,(H,23,24,25). The first-order chi connectivity index (χ1) is 14.6. The molecule has 0 radical (unpaired) electrons. The Morgan fingerprint density at radius 2 is 1.97 bits per heavy atom. The Morgan fingerprint density at radius 3 is 2.63 bits per heavy atom. The molecule has 8 heteroatoms. The van der Waals surface area contributed by atoms with Crippen LogP contribution < -0.4 is 10.1 Å². The van der Waals surface area contributed by atoms with E-state index in [1.165, 1.54) is 0 Å². The zero-order chi connectivity index (χ0) is 21.5. The lowest BCUT2D eigenvalue weighted by atomic mass is 9.96. The van der Waals surface area contributed by atoms with E-state index in [9.17, 15) is 4.79 Å². The number of allylic oxidation sites excluding steroid dienone is 1. The van der Waals surface area contributed by atoms with Crippen LogP contribution in [0, 0.1) is 0 Å². The van der Waals surface area contributed by atoms with Crippen LogP contribution in [0.15, 0.2) is 40.7 Å². The van der Waals surface area contributed by atoms with Crippen LogP contribution in [0.5, 0.6) is 5.75 Å². The number of unbranched alkanes of at least 4 members (excludes halogenated alkanes) is 1. The number of esters is 1. The summed E-state index contributed by atoms with van der Waals surface area (Å²) in [5, 5.41) is 8.61. The second-order valence-electron chi connectivity index (χ2n) is 7.07. The van der Waals surface area contributed by atoms with Crippen molar-refractivity contribution in [2.75, 3.05) is 24.3 Å². The number of thioether (sulfide) groups is 1. The smallest absolute Gasteiger partial charge is 0.338 e. The third-order valence-corrected chi connectivity index (χ3v) is 5.77. The zero-order valence-electron chi connectivity index (χ0n) is 18.1. The van der Waals surface area contributed by atoms with E-state index in [4.69, 9.17) is 9.47 Å². The average molecular weight is 431 g/mol. The number of hydrogen-bond acceptors (Lipinski definition) is 7. The fourth-order valence-electron chi connectivity index (χ4n) is 3.25. The van der Waals surface area contributed by atoms with E-state index in [0.29, 0.717) is 29.9 Å². The number of anilines is 1. The maximum atomic E-state index is 12.8. The quantitative estimate of drug-likeness (QED) is 0.329. The Kier molecular flexibility index (Phi) is 7.79. The van der Waals surface area contributed by atoms with Crippen molar-refractivity contribution in [2.24, 2.45) is 0 Å². The Balaban J connectivity index is 1.96. The molecule has 7 nitrogen and oxygen atoms in total. The number of fused-ring (bicyclic) bond motifs is 1. The number of rotatable bonds is 10. The predicted octanol–water partition coefficient (Wildman–Crippen LogP) is 4.81. The van der Waals surface area contributed by atoms with E-state index >= 15 is 0 Å². The second-order valence-corrected chi connectivity index (χ2v) is 8.13.